The molecule has 1 unspecified atom stereocenters. The fourth-order valence-electron chi connectivity index (χ4n) is 2.31. The second-order valence-corrected chi connectivity index (χ2v) is 5.37. The van der Waals surface area contributed by atoms with Gasteiger partial charge in [-0.2, -0.15) is 5.26 Å². The van der Waals surface area contributed by atoms with Crippen LogP contribution in [0.5, 0.6) is 5.75 Å². The largest absolute Gasteiger partial charge is 0.481 e. The molecule has 0 radical (unpaired) electrons. The molecule has 2 aromatic carbocycles. The Kier molecular flexibility index (Phi) is 4.77. The van der Waals surface area contributed by atoms with Crippen LogP contribution in [0.4, 0.5) is 5.69 Å². The number of hydrogen-bond acceptors (Lipinski definition) is 4. The van der Waals surface area contributed by atoms with Crippen molar-refractivity contribution in [3.05, 3.63) is 72.8 Å². The first-order chi connectivity index (χ1) is 12.2. The van der Waals surface area contributed by atoms with E-state index < -0.39 is 6.10 Å². The Hall–Kier alpha value is -3.59. The maximum absolute atomic E-state index is 12.4. The average Bonchev–Trinajstić information content (AvgIpc) is 3.17. The molecule has 0 aliphatic carbocycles. The number of aromatic nitrogens is 2. The summed E-state index contributed by atoms with van der Waals surface area (Å²) in [6.45, 7) is 1.67. The third kappa shape index (κ3) is 3.85. The van der Waals surface area contributed by atoms with Crippen molar-refractivity contribution in [3.8, 4) is 17.5 Å². The van der Waals surface area contributed by atoms with Crippen molar-refractivity contribution < 1.29 is 9.53 Å². The quantitative estimate of drug-likeness (QED) is 0.778. The number of nitriles is 1. The first-order valence-electron chi connectivity index (χ1n) is 7.72. The monoisotopic (exact) mass is 332 g/mol. The van der Waals surface area contributed by atoms with Crippen LogP contribution in [0.2, 0.25) is 0 Å². The number of benzene rings is 2. The summed E-state index contributed by atoms with van der Waals surface area (Å²) in [5.74, 6) is 0.265. The van der Waals surface area contributed by atoms with E-state index in [1.807, 2.05) is 41.1 Å². The summed E-state index contributed by atoms with van der Waals surface area (Å²) in [4.78, 5) is 16.5. The first kappa shape index (κ1) is 16.3. The van der Waals surface area contributed by atoms with Crippen LogP contribution in [-0.4, -0.2) is 21.6 Å². The van der Waals surface area contributed by atoms with Crippen LogP contribution in [0.15, 0.2) is 67.3 Å². The predicted molar refractivity (Wildman–Crippen MR) is 93.4 cm³/mol. The van der Waals surface area contributed by atoms with Crippen molar-refractivity contribution in [1.29, 1.82) is 5.26 Å². The summed E-state index contributed by atoms with van der Waals surface area (Å²) in [7, 11) is 0. The predicted octanol–water partition coefficient (Wildman–Crippen LogP) is 3.15. The van der Waals surface area contributed by atoms with Crippen LogP contribution in [0.3, 0.4) is 0 Å². The molecule has 1 amide bonds. The van der Waals surface area contributed by atoms with Gasteiger partial charge in [0.2, 0.25) is 0 Å². The molecular weight excluding hydrogens is 316 g/mol. The fourth-order valence-corrected chi connectivity index (χ4v) is 2.31. The van der Waals surface area contributed by atoms with Gasteiger partial charge in [-0.15, -0.1) is 0 Å². The second kappa shape index (κ2) is 7.32. The lowest BCUT2D eigenvalue weighted by atomic mass is 10.2. The van der Waals surface area contributed by atoms with Crippen LogP contribution < -0.4 is 10.1 Å². The number of carbonyl (C=O) groups is 1. The average molecular weight is 332 g/mol. The van der Waals surface area contributed by atoms with E-state index in [4.69, 9.17) is 10.00 Å². The molecule has 0 saturated carbocycles. The number of amides is 1. The highest BCUT2D eigenvalue weighted by Crippen LogP contribution is 2.20. The van der Waals surface area contributed by atoms with Gasteiger partial charge < -0.3 is 14.6 Å². The minimum atomic E-state index is -0.691. The number of anilines is 1. The molecule has 0 aliphatic rings. The van der Waals surface area contributed by atoms with Crippen molar-refractivity contribution in [2.45, 2.75) is 13.0 Å². The van der Waals surface area contributed by atoms with Crippen molar-refractivity contribution in [1.82, 2.24) is 9.55 Å². The number of para-hydroxylation sites is 2. The second-order valence-electron chi connectivity index (χ2n) is 5.37. The number of carbonyl (C=O) groups excluding carboxylic acids is 1. The molecule has 0 bridgehead atoms. The molecule has 0 fully saturated rings. The van der Waals surface area contributed by atoms with E-state index in [0.717, 1.165) is 5.69 Å². The molecule has 1 heterocycles. The van der Waals surface area contributed by atoms with Crippen LogP contribution >= 0.6 is 0 Å². The Morgan fingerprint density at radius 2 is 2.00 bits per heavy atom. The first-order valence-corrected chi connectivity index (χ1v) is 7.72. The number of rotatable bonds is 5. The van der Waals surface area contributed by atoms with Crippen molar-refractivity contribution in [2.75, 3.05) is 5.32 Å². The maximum atomic E-state index is 12.4. The van der Waals surface area contributed by atoms with E-state index in [9.17, 15) is 4.79 Å². The van der Waals surface area contributed by atoms with Gasteiger partial charge in [-0.25, -0.2) is 4.98 Å². The summed E-state index contributed by atoms with van der Waals surface area (Å²) in [6, 6.07) is 16.1. The lowest BCUT2D eigenvalue weighted by molar-refractivity contribution is -0.122. The highest BCUT2D eigenvalue weighted by Gasteiger charge is 2.16. The fraction of sp³-hybridized carbons (Fsp3) is 0.105. The zero-order valence-corrected chi connectivity index (χ0v) is 13.6. The number of nitrogens with one attached hydrogen (secondary N) is 1. The van der Waals surface area contributed by atoms with Crippen molar-refractivity contribution in [3.63, 3.8) is 0 Å². The Bertz CT molecular complexity index is 896. The summed E-state index contributed by atoms with van der Waals surface area (Å²) >= 11 is 0. The molecule has 124 valence electrons. The van der Waals surface area contributed by atoms with Crippen molar-refractivity contribution in [2.24, 2.45) is 0 Å². The van der Waals surface area contributed by atoms with Gasteiger partial charge >= 0.3 is 0 Å². The number of hydrogen-bond donors (Lipinski definition) is 1. The molecule has 1 aromatic heterocycles. The summed E-state index contributed by atoms with van der Waals surface area (Å²) in [6.07, 6.45) is 4.46. The third-order valence-electron chi connectivity index (χ3n) is 3.61. The van der Waals surface area contributed by atoms with Gasteiger partial charge in [0, 0.05) is 12.4 Å². The summed E-state index contributed by atoms with van der Waals surface area (Å²) in [5, 5.41) is 11.7. The molecule has 0 saturated heterocycles. The molecule has 1 N–H and O–H groups in total. The molecule has 6 heteroatoms. The highest BCUT2D eigenvalue weighted by molar-refractivity contribution is 5.95. The van der Waals surface area contributed by atoms with E-state index >= 15 is 0 Å². The van der Waals surface area contributed by atoms with Gasteiger partial charge in [-0.05, 0) is 43.3 Å². The highest BCUT2D eigenvalue weighted by atomic mass is 16.5. The van der Waals surface area contributed by atoms with E-state index in [0.29, 0.717) is 17.0 Å². The van der Waals surface area contributed by atoms with Gasteiger partial charge in [0.1, 0.15) is 5.75 Å². The number of imidazole rings is 1. The van der Waals surface area contributed by atoms with Crippen LogP contribution in [0.25, 0.3) is 5.69 Å². The molecule has 1 atom stereocenters. The van der Waals surface area contributed by atoms with Crippen LogP contribution in [-0.2, 0) is 4.79 Å². The SMILES string of the molecule is CC(Oc1ccc(C#N)cc1)C(=O)Nc1ccccc1-n1ccnc1. The molecule has 0 aliphatic heterocycles. The van der Waals surface area contributed by atoms with Gasteiger partial charge in [-0.3, -0.25) is 4.79 Å². The Balaban J connectivity index is 1.71. The van der Waals surface area contributed by atoms with E-state index in [1.54, 1.807) is 43.7 Å². The zero-order valence-electron chi connectivity index (χ0n) is 13.6. The van der Waals surface area contributed by atoms with Crippen molar-refractivity contribution >= 4 is 11.6 Å². The Labute approximate surface area is 145 Å². The van der Waals surface area contributed by atoms with Gasteiger partial charge in [0.05, 0.1) is 29.3 Å². The van der Waals surface area contributed by atoms with E-state index in [1.165, 1.54) is 0 Å². The molecule has 3 aromatic rings. The molecule has 6 nitrogen and oxygen atoms in total. The normalized spacial score (nSPS) is 11.4. The molecule has 25 heavy (non-hydrogen) atoms. The Morgan fingerprint density at radius 3 is 2.68 bits per heavy atom. The standard InChI is InChI=1S/C19H16N4O2/c1-14(25-16-8-6-15(12-20)7-9-16)19(24)22-17-4-2-3-5-18(17)23-11-10-21-13-23/h2-11,13-14H,1H3,(H,22,24). The lowest BCUT2D eigenvalue weighted by Gasteiger charge is -2.16. The number of ether oxygens (including phenoxy) is 1. The van der Waals surface area contributed by atoms with E-state index in [-0.39, 0.29) is 5.91 Å². The zero-order chi connectivity index (χ0) is 17.6. The minimum absolute atomic E-state index is 0.267. The maximum Gasteiger partial charge on any atom is 0.265 e. The summed E-state index contributed by atoms with van der Waals surface area (Å²) in [5.41, 5.74) is 2.03. The number of nitrogens with zero attached hydrogens (tertiary/aromatic N) is 3. The lowest BCUT2D eigenvalue weighted by Crippen LogP contribution is -2.30. The van der Waals surface area contributed by atoms with Gasteiger partial charge in [-0.1, -0.05) is 12.1 Å². The summed E-state index contributed by atoms with van der Waals surface area (Å²) < 4.78 is 7.46. The molecule has 0 spiro atoms. The van der Waals surface area contributed by atoms with E-state index in [2.05, 4.69) is 10.3 Å². The minimum Gasteiger partial charge on any atom is -0.481 e. The smallest absolute Gasteiger partial charge is 0.265 e. The molecular formula is C19H16N4O2. The van der Waals surface area contributed by atoms with Gasteiger partial charge in [0.15, 0.2) is 6.10 Å². The topological polar surface area (TPSA) is 79.9 Å². The van der Waals surface area contributed by atoms with Crippen LogP contribution in [0, 0.1) is 11.3 Å². The van der Waals surface area contributed by atoms with Gasteiger partial charge in [0.25, 0.3) is 5.91 Å². The third-order valence-corrected chi connectivity index (χ3v) is 3.61. The van der Waals surface area contributed by atoms with Crippen LogP contribution in [0.1, 0.15) is 12.5 Å². The Morgan fingerprint density at radius 1 is 1.24 bits per heavy atom. The molecule has 3 rings (SSSR count).